The molecule has 28 heavy (non-hydrogen) atoms. The minimum absolute atomic E-state index is 0.0366. The Morgan fingerprint density at radius 3 is 2.57 bits per heavy atom. The number of fused-ring (bicyclic) bond motifs is 5. The number of para-hydroxylation sites is 1. The standard InChI is InChI=1S/C23H20N2O3/c1-28-22-5-3-2-4-15(22)16-11-21-23(19-13-24-12-18(16)19)17-10-14(27)6-7-20(17)25(21)8-9-26/h2-7,10-13,24,26-27H,8-9H2,1H3. The number of hydrogen-bond acceptors (Lipinski definition) is 3. The summed E-state index contributed by atoms with van der Waals surface area (Å²) < 4.78 is 7.71. The molecule has 2 aromatic heterocycles. The molecule has 0 spiro atoms. The number of ether oxygens (including phenoxy) is 1. The molecule has 0 saturated heterocycles. The van der Waals surface area contributed by atoms with E-state index < -0.39 is 0 Å². The van der Waals surface area contributed by atoms with Crippen LogP contribution < -0.4 is 4.74 Å². The number of aromatic amines is 1. The molecule has 0 saturated carbocycles. The fourth-order valence-electron chi connectivity index (χ4n) is 4.23. The third kappa shape index (κ3) is 2.30. The maximum absolute atomic E-state index is 10.1. The van der Waals surface area contributed by atoms with Gasteiger partial charge in [0.15, 0.2) is 0 Å². The highest BCUT2D eigenvalue weighted by Crippen LogP contribution is 2.42. The third-order valence-corrected chi connectivity index (χ3v) is 5.39. The van der Waals surface area contributed by atoms with Gasteiger partial charge in [-0.25, -0.2) is 0 Å². The summed E-state index contributed by atoms with van der Waals surface area (Å²) in [5.74, 6) is 1.04. The van der Waals surface area contributed by atoms with Gasteiger partial charge in [0.1, 0.15) is 11.5 Å². The van der Waals surface area contributed by atoms with Gasteiger partial charge < -0.3 is 24.5 Å². The first-order valence-electron chi connectivity index (χ1n) is 9.21. The number of H-pyrrole nitrogens is 1. The summed E-state index contributed by atoms with van der Waals surface area (Å²) in [7, 11) is 1.68. The average molecular weight is 372 g/mol. The van der Waals surface area contributed by atoms with Crippen LogP contribution in [0.1, 0.15) is 0 Å². The summed E-state index contributed by atoms with van der Waals surface area (Å²) in [6.45, 7) is 0.515. The van der Waals surface area contributed by atoms with Crippen LogP contribution in [0, 0.1) is 0 Å². The van der Waals surface area contributed by atoms with E-state index in [1.807, 2.05) is 36.7 Å². The molecule has 0 amide bonds. The lowest BCUT2D eigenvalue weighted by Gasteiger charge is -2.12. The van der Waals surface area contributed by atoms with Crippen LogP contribution in [0.5, 0.6) is 11.5 Å². The van der Waals surface area contributed by atoms with E-state index in [1.165, 1.54) is 0 Å². The van der Waals surface area contributed by atoms with Gasteiger partial charge in [-0.3, -0.25) is 0 Å². The lowest BCUT2D eigenvalue weighted by molar-refractivity contribution is 0.280. The third-order valence-electron chi connectivity index (χ3n) is 5.39. The van der Waals surface area contributed by atoms with Gasteiger partial charge in [-0.2, -0.15) is 0 Å². The van der Waals surface area contributed by atoms with Gasteiger partial charge >= 0.3 is 0 Å². The van der Waals surface area contributed by atoms with E-state index in [0.717, 1.165) is 49.5 Å². The lowest BCUT2D eigenvalue weighted by Crippen LogP contribution is -2.01. The molecule has 0 aliphatic heterocycles. The summed E-state index contributed by atoms with van der Waals surface area (Å²) in [4.78, 5) is 3.24. The van der Waals surface area contributed by atoms with Crippen LogP contribution in [-0.4, -0.2) is 33.5 Å². The second-order valence-electron chi connectivity index (χ2n) is 6.88. The van der Waals surface area contributed by atoms with Crippen molar-refractivity contribution in [1.82, 2.24) is 9.55 Å². The van der Waals surface area contributed by atoms with Crippen molar-refractivity contribution < 1.29 is 14.9 Å². The normalized spacial score (nSPS) is 11.6. The maximum atomic E-state index is 10.1. The van der Waals surface area contributed by atoms with Crippen molar-refractivity contribution >= 4 is 32.6 Å². The number of aliphatic hydroxyl groups is 1. The maximum Gasteiger partial charge on any atom is 0.126 e. The quantitative estimate of drug-likeness (QED) is 0.430. The van der Waals surface area contributed by atoms with Gasteiger partial charge in [0, 0.05) is 51.6 Å². The summed E-state index contributed by atoms with van der Waals surface area (Å²) in [5, 5.41) is 23.9. The number of phenols is 1. The Hall–Kier alpha value is -3.44. The molecule has 5 nitrogen and oxygen atoms in total. The molecule has 0 atom stereocenters. The van der Waals surface area contributed by atoms with Crippen LogP contribution in [0.2, 0.25) is 0 Å². The second kappa shape index (κ2) is 6.32. The molecule has 5 rings (SSSR count). The molecule has 0 aliphatic carbocycles. The Morgan fingerprint density at radius 2 is 1.75 bits per heavy atom. The van der Waals surface area contributed by atoms with Gasteiger partial charge in [-0.15, -0.1) is 0 Å². The molecule has 0 aliphatic rings. The molecule has 0 fully saturated rings. The fourth-order valence-corrected chi connectivity index (χ4v) is 4.23. The van der Waals surface area contributed by atoms with Crippen LogP contribution in [0.3, 0.4) is 0 Å². The van der Waals surface area contributed by atoms with Crippen LogP contribution in [0.4, 0.5) is 0 Å². The largest absolute Gasteiger partial charge is 0.508 e. The molecule has 2 heterocycles. The van der Waals surface area contributed by atoms with Crippen molar-refractivity contribution in [3.05, 3.63) is 60.9 Å². The molecular weight excluding hydrogens is 352 g/mol. The summed E-state index contributed by atoms with van der Waals surface area (Å²) in [6.07, 6.45) is 3.98. The van der Waals surface area contributed by atoms with E-state index in [0.29, 0.717) is 6.54 Å². The van der Waals surface area contributed by atoms with E-state index in [2.05, 4.69) is 21.7 Å². The van der Waals surface area contributed by atoms with Gasteiger partial charge in [0.25, 0.3) is 0 Å². The van der Waals surface area contributed by atoms with E-state index >= 15 is 0 Å². The highest BCUT2D eigenvalue weighted by atomic mass is 16.5. The molecule has 5 aromatic rings. The second-order valence-corrected chi connectivity index (χ2v) is 6.88. The zero-order valence-electron chi connectivity index (χ0n) is 15.4. The summed E-state index contributed by atoms with van der Waals surface area (Å²) in [5.41, 5.74) is 4.08. The predicted octanol–water partition coefficient (Wildman–Crippen LogP) is 4.65. The monoisotopic (exact) mass is 372 g/mol. The van der Waals surface area contributed by atoms with Crippen LogP contribution >= 0.6 is 0 Å². The smallest absolute Gasteiger partial charge is 0.126 e. The topological polar surface area (TPSA) is 70.4 Å². The van der Waals surface area contributed by atoms with E-state index in [1.54, 1.807) is 19.2 Å². The average Bonchev–Trinajstić information content (AvgIpc) is 3.31. The van der Waals surface area contributed by atoms with E-state index in [-0.39, 0.29) is 12.4 Å². The highest BCUT2D eigenvalue weighted by Gasteiger charge is 2.19. The SMILES string of the molecule is COc1ccccc1-c1cc2c(c3c[nH]cc13)c1cc(O)ccc1n2CCO. The molecular formula is C23H20N2O3. The Morgan fingerprint density at radius 1 is 0.929 bits per heavy atom. The van der Waals surface area contributed by atoms with Crippen molar-refractivity contribution in [2.24, 2.45) is 0 Å². The highest BCUT2D eigenvalue weighted by molar-refractivity contribution is 6.24. The molecule has 3 aromatic carbocycles. The number of nitrogens with one attached hydrogen (secondary N) is 1. The number of benzene rings is 3. The Labute approximate surface area is 161 Å². The Balaban J connectivity index is 1.98. The van der Waals surface area contributed by atoms with E-state index in [9.17, 15) is 10.2 Å². The van der Waals surface area contributed by atoms with Gasteiger partial charge in [0.2, 0.25) is 0 Å². The van der Waals surface area contributed by atoms with Crippen molar-refractivity contribution in [2.75, 3.05) is 13.7 Å². The van der Waals surface area contributed by atoms with Crippen molar-refractivity contribution in [3.63, 3.8) is 0 Å². The van der Waals surface area contributed by atoms with Crippen molar-refractivity contribution in [2.45, 2.75) is 6.54 Å². The van der Waals surface area contributed by atoms with Crippen LogP contribution in [-0.2, 0) is 6.54 Å². The minimum Gasteiger partial charge on any atom is -0.508 e. The Bertz CT molecular complexity index is 1330. The predicted molar refractivity (Wildman–Crippen MR) is 112 cm³/mol. The fraction of sp³-hybridized carbons (Fsp3) is 0.130. The number of aliphatic hydroxyl groups excluding tert-OH is 1. The first-order chi connectivity index (χ1) is 13.7. The number of methoxy groups -OCH3 is 1. The molecule has 3 N–H and O–H groups in total. The first-order valence-corrected chi connectivity index (χ1v) is 9.21. The Kier molecular flexibility index (Phi) is 3.77. The number of hydrogen-bond donors (Lipinski definition) is 3. The summed E-state index contributed by atoms with van der Waals surface area (Å²) in [6, 6.07) is 15.5. The van der Waals surface area contributed by atoms with E-state index in [4.69, 9.17) is 4.74 Å². The molecule has 5 heteroatoms. The van der Waals surface area contributed by atoms with Crippen molar-refractivity contribution in [3.8, 4) is 22.6 Å². The van der Waals surface area contributed by atoms with Gasteiger partial charge in [-0.05, 0) is 35.9 Å². The number of aromatic hydroxyl groups is 1. The number of aromatic nitrogens is 2. The van der Waals surface area contributed by atoms with Crippen LogP contribution in [0.25, 0.3) is 43.7 Å². The zero-order valence-corrected chi connectivity index (χ0v) is 15.4. The number of phenolic OH excluding ortho intramolecular Hbond substituents is 1. The summed E-state index contributed by atoms with van der Waals surface area (Å²) >= 11 is 0. The lowest BCUT2D eigenvalue weighted by atomic mass is 9.97. The molecule has 0 unspecified atom stereocenters. The van der Waals surface area contributed by atoms with Gasteiger partial charge in [-0.1, -0.05) is 18.2 Å². The molecule has 140 valence electrons. The zero-order chi connectivity index (χ0) is 19.3. The first kappa shape index (κ1) is 16.7. The van der Waals surface area contributed by atoms with Crippen LogP contribution in [0.15, 0.2) is 60.9 Å². The van der Waals surface area contributed by atoms with Gasteiger partial charge in [0.05, 0.1) is 19.2 Å². The molecule has 0 bridgehead atoms. The molecule has 0 radical (unpaired) electrons. The number of rotatable bonds is 4. The minimum atomic E-state index is 0.0366. The number of nitrogens with zero attached hydrogens (tertiary/aromatic N) is 1. The van der Waals surface area contributed by atoms with Crippen molar-refractivity contribution in [1.29, 1.82) is 0 Å².